The van der Waals surface area contributed by atoms with Crippen LogP contribution in [0, 0.1) is 0 Å². The number of allylic oxidation sites excluding steroid dienone is 2. The van der Waals surface area contributed by atoms with Crippen molar-refractivity contribution in [2.24, 2.45) is 10.7 Å². The lowest BCUT2D eigenvalue weighted by Crippen LogP contribution is -2.36. The minimum Gasteiger partial charge on any atom is -0.369 e. The van der Waals surface area contributed by atoms with Crippen LogP contribution in [0.4, 0.5) is 13.2 Å². The maximum atomic E-state index is 13.3. The molecule has 0 atom stereocenters. The van der Waals surface area contributed by atoms with Gasteiger partial charge in [0, 0.05) is 23.5 Å². The van der Waals surface area contributed by atoms with Gasteiger partial charge in [0.05, 0.1) is 17.6 Å². The lowest BCUT2D eigenvalue weighted by Gasteiger charge is -2.08. The molecule has 1 aromatic carbocycles. The van der Waals surface area contributed by atoms with Crippen molar-refractivity contribution in [3.8, 4) is 11.3 Å². The summed E-state index contributed by atoms with van der Waals surface area (Å²) in [6, 6.07) is 12.4. The Labute approximate surface area is 175 Å². The van der Waals surface area contributed by atoms with Crippen molar-refractivity contribution in [1.82, 2.24) is 20.1 Å². The first kappa shape index (κ1) is 21.5. The van der Waals surface area contributed by atoms with Gasteiger partial charge in [-0.05, 0) is 36.4 Å². The van der Waals surface area contributed by atoms with E-state index in [1.807, 2.05) is 0 Å². The van der Waals surface area contributed by atoms with Crippen LogP contribution in [0.25, 0.3) is 17.0 Å². The van der Waals surface area contributed by atoms with Crippen LogP contribution in [-0.4, -0.2) is 26.6 Å². The molecule has 0 spiro atoms. The Kier molecular flexibility index (Phi) is 6.29. The van der Waals surface area contributed by atoms with Gasteiger partial charge in [0.1, 0.15) is 0 Å². The van der Waals surface area contributed by atoms with Crippen molar-refractivity contribution < 1.29 is 18.0 Å². The van der Waals surface area contributed by atoms with Gasteiger partial charge in [-0.3, -0.25) is 15.1 Å². The molecule has 0 unspecified atom stereocenters. The summed E-state index contributed by atoms with van der Waals surface area (Å²) >= 11 is 0. The summed E-state index contributed by atoms with van der Waals surface area (Å²) in [5.74, 6) is -0.732. The number of pyridine rings is 1. The smallest absolute Gasteiger partial charge is 0.369 e. The molecule has 0 aliphatic heterocycles. The number of halogens is 3. The Bertz CT molecular complexity index is 1130. The Morgan fingerprint density at radius 3 is 2.55 bits per heavy atom. The van der Waals surface area contributed by atoms with E-state index in [0.717, 1.165) is 16.9 Å². The van der Waals surface area contributed by atoms with Gasteiger partial charge in [0.2, 0.25) is 0 Å². The number of hydrogen-bond donors (Lipinski definition) is 2. The monoisotopic (exact) mass is 426 g/mol. The van der Waals surface area contributed by atoms with Crippen molar-refractivity contribution in [3.05, 3.63) is 91.0 Å². The average molecular weight is 426 g/mol. The standard InChI is InChI=1S/C21H17F3N6O/c1-2-16(13-27-20(25)28-19(31)14-7-4-3-5-8-14)30-17(15-9-6-10-26-12-15)11-18(29-30)21(22,23)24/h2-13H,1H2,(H3,25,27,28,31)/b16-13+. The van der Waals surface area contributed by atoms with Gasteiger partial charge in [0.25, 0.3) is 5.91 Å². The van der Waals surface area contributed by atoms with Crippen molar-refractivity contribution in [1.29, 1.82) is 0 Å². The molecule has 10 heteroatoms. The molecule has 3 aromatic rings. The third-order valence-electron chi connectivity index (χ3n) is 4.02. The summed E-state index contributed by atoms with van der Waals surface area (Å²) in [5, 5.41) is 6.04. The zero-order valence-electron chi connectivity index (χ0n) is 16.0. The van der Waals surface area contributed by atoms with Gasteiger partial charge >= 0.3 is 6.18 Å². The largest absolute Gasteiger partial charge is 0.435 e. The first-order valence-electron chi connectivity index (χ1n) is 8.90. The SMILES string of the molecule is C=C/C(=C\N=C(N)NC(=O)c1ccccc1)n1nc(C(F)(F)F)cc1-c1cccnc1. The van der Waals surface area contributed by atoms with E-state index in [-0.39, 0.29) is 17.4 Å². The third-order valence-corrected chi connectivity index (χ3v) is 4.02. The number of hydrogen-bond acceptors (Lipinski definition) is 4. The second-order valence-corrected chi connectivity index (χ2v) is 6.16. The Morgan fingerprint density at radius 2 is 1.94 bits per heavy atom. The molecule has 2 heterocycles. The number of amides is 1. The molecular weight excluding hydrogens is 409 g/mol. The molecule has 0 radical (unpaired) electrons. The average Bonchev–Trinajstić information content (AvgIpc) is 3.21. The maximum absolute atomic E-state index is 13.3. The minimum atomic E-state index is -4.65. The zero-order chi connectivity index (χ0) is 22.4. The number of nitrogens with zero attached hydrogens (tertiary/aromatic N) is 4. The number of aromatic nitrogens is 3. The van der Waals surface area contributed by atoms with E-state index in [4.69, 9.17) is 5.73 Å². The van der Waals surface area contributed by atoms with E-state index in [2.05, 4.69) is 27.0 Å². The quantitative estimate of drug-likeness (QED) is 0.369. The second-order valence-electron chi connectivity index (χ2n) is 6.16. The highest BCUT2D eigenvalue weighted by molar-refractivity contribution is 6.05. The third kappa shape index (κ3) is 5.24. The van der Waals surface area contributed by atoms with E-state index >= 15 is 0 Å². The highest BCUT2D eigenvalue weighted by Crippen LogP contribution is 2.33. The maximum Gasteiger partial charge on any atom is 0.435 e. The number of nitrogens with one attached hydrogen (secondary N) is 1. The summed E-state index contributed by atoms with van der Waals surface area (Å²) in [7, 11) is 0. The number of guanidine groups is 1. The Hall–Kier alpha value is -4.21. The number of benzene rings is 1. The van der Waals surface area contributed by atoms with Crippen molar-refractivity contribution >= 4 is 17.6 Å². The van der Waals surface area contributed by atoms with Crippen molar-refractivity contribution in [2.75, 3.05) is 0 Å². The lowest BCUT2D eigenvalue weighted by molar-refractivity contribution is -0.141. The molecule has 31 heavy (non-hydrogen) atoms. The molecular formula is C21H17F3N6O. The highest BCUT2D eigenvalue weighted by atomic mass is 19.4. The fourth-order valence-corrected chi connectivity index (χ4v) is 2.58. The van der Waals surface area contributed by atoms with Crippen molar-refractivity contribution in [3.63, 3.8) is 0 Å². The summed E-state index contributed by atoms with van der Waals surface area (Å²) in [6.07, 6.45) is 0.676. The molecule has 1 amide bonds. The fourth-order valence-electron chi connectivity index (χ4n) is 2.58. The predicted molar refractivity (Wildman–Crippen MR) is 110 cm³/mol. The zero-order valence-corrected chi connectivity index (χ0v) is 16.0. The van der Waals surface area contributed by atoms with Gasteiger partial charge in [-0.25, -0.2) is 9.67 Å². The van der Waals surface area contributed by atoms with E-state index < -0.39 is 17.8 Å². The van der Waals surface area contributed by atoms with Crippen LogP contribution in [0.15, 0.2) is 84.8 Å². The number of nitrogens with two attached hydrogens (primary N) is 1. The molecule has 3 N–H and O–H groups in total. The summed E-state index contributed by atoms with van der Waals surface area (Å²) < 4.78 is 40.8. The number of carbonyl (C=O) groups excluding carboxylic acids is 1. The number of carbonyl (C=O) groups is 1. The number of alkyl halides is 3. The molecule has 3 rings (SSSR count). The lowest BCUT2D eigenvalue weighted by atomic mass is 10.2. The van der Waals surface area contributed by atoms with E-state index in [1.54, 1.807) is 42.5 Å². The topological polar surface area (TPSA) is 98.2 Å². The number of aliphatic imine (C=N–C) groups is 1. The normalized spacial score (nSPS) is 12.5. The summed E-state index contributed by atoms with van der Waals surface area (Å²) in [6.45, 7) is 3.61. The van der Waals surface area contributed by atoms with Crippen LogP contribution in [0.1, 0.15) is 16.1 Å². The van der Waals surface area contributed by atoms with Crippen LogP contribution in [0.5, 0.6) is 0 Å². The van der Waals surface area contributed by atoms with Gasteiger partial charge in [-0.1, -0.05) is 24.8 Å². The molecule has 0 aliphatic carbocycles. The molecule has 0 aliphatic rings. The first-order chi connectivity index (χ1) is 14.8. The molecule has 158 valence electrons. The van der Waals surface area contributed by atoms with Gasteiger partial charge in [0.15, 0.2) is 11.7 Å². The van der Waals surface area contributed by atoms with Crippen LogP contribution in [0.2, 0.25) is 0 Å². The molecule has 0 fully saturated rings. The van der Waals surface area contributed by atoms with E-state index in [9.17, 15) is 18.0 Å². The highest BCUT2D eigenvalue weighted by Gasteiger charge is 2.35. The molecule has 2 aromatic heterocycles. The molecule has 0 saturated carbocycles. The summed E-state index contributed by atoms with van der Waals surface area (Å²) in [4.78, 5) is 20.0. The van der Waals surface area contributed by atoms with Crippen LogP contribution < -0.4 is 11.1 Å². The van der Waals surface area contributed by atoms with Crippen LogP contribution >= 0.6 is 0 Å². The van der Waals surface area contributed by atoms with Gasteiger partial charge < -0.3 is 5.73 Å². The van der Waals surface area contributed by atoms with Gasteiger partial charge in [-0.15, -0.1) is 0 Å². The van der Waals surface area contributed by atoms with E-state index in [1.165, 1.54) is 18.5 Å². The predicted octanol–water partition coefficient (Wildman–Crippen LogP) is 3.69. The Morgan fingerprint density at radius 1 is 1.19 bits per heavy atom. The van der Waals surface area contributed by atoms with Crippen LogP contribution in [-0.2, 0) is 6.18 Å². The number of rotatable bonds is 5. The van der Waals surface area contributed by atoms with Crippen molar-refractivity contribution in [2.45, 2.75) is 6.18 Å². The first-order valence-corrected chi connectivity index (χ1v) is 8.90. The minimum absolute atomic E-state index is 0.103. The fraction of sp³-hybridized carbons (Fsp3) is 0.0476. The van der Waals surface area contributed by atoms with Gasteiger partial charge in [-0.2, -0.15) is 18.3 Å². The van der Waals surface area contributed by atoms with E-state index in [0.29, 0.717) is 11.1 Å². The Balaban J connectivity index is 1.95. The second kappa shape index (κ2) is 9.08. The molecule has 0 saturated heterocycles. The van der Waals surface area contributed by atoms with Crippen LogP contribution in [0.3, 0.4) is 0 Å². The molecule has 7 nitrogen and oxygen atoms in total. The molecule has 0 bridgehead atoms. The summed E-state index contributed by atoms with van der Waals surface area (Å²) in [5.41, 5.74) is 5.66.